The average Bonchev–Trinajstić information content (AvgIpc) is 2.80. The van der Waals surface area contributed by atoms with E-state index in [1.54, 1.807) is 12.1 Å². The van der Waals surface area contributed by atoms with Crippen LogP contribution in [-0.4, -0.2) is 47.6 Å². The minimum absolute atomic E-state index is 0.0545. The number of aromatic nitrogens is 2. The summed E-state index contributed by atoms with van der Waals surface area (Å²) in [7, 11) is 3.96. The Kier molecular flexibility index (Phi) is 5.11. The zero-order valence-electron chi connectivity index (χ0n) is 13.1. The van der Waals surface area contributed by atoms with Crippen LogP contribution in [0.15, 0.2) is 18.2 Å². The Morgan fingerprint density at radius 2 is 2.05 bits per heavy atom. The maximum absolute atomic E-state index is 11.9. The fourth-order valence-corrected chi connectivity index (χ4v) is 2.15. The number of hydrogen-bond donors (Lipinski definition) is 3. The lowest BCUT2D eigenvalue weighted by Gasteiger charge is -2.08. The lowest BCUT2D eigenvalue weighted by atomic mass is 10.2. The van der Waals surface area contributed by atoms with Gasteiger partial charge in [0.25, 0.3) is 0 Å². The minimum atomic E-state index is -0.131. The number of anilines is 2. The molecule has 0 spiro atoms. The van der Waals surface area contributed by atoms with Gasteiger partial charge in [0.05, 0.1) is 5.52 Å². The first-order valence-corrected chi connectivity index (χ1v) is 7.16. The van der Waals surface area contributed by atoms with Crippen molar-refractivity contribution in [1.82, 2.24) is 15.1 Å². The number of carbonyl (C=O) groups excluding carboxylic acids is 2. The van der Waals surface area contributed by atoms with Crippen molar-refractivity contribution >= 4 is 34.2 Å². The van der Waals surface area contributed by atoms with E-state index in [9.17, 15) is 9.59 Å². The molecular formula is C15H21N5O2. The molecule has 2 rings (SSSR count). The fourth-order valence-electron chi connectivity index (χ4n) is 2.15. The van der Waals surface area contributed by atoms with E-state index >= 15 is 0 Å². The SMILES string of the molecule is CC(=O)Nc1ccc2c(NC(=O)CCCN(C)C)n[nH]c2c1. The maximum Gasteiger partial charge on any atom is 0.225 e. The summed E-state index contributed by atoms with van der Waals surface area (Å²) >= 11 is 0. The van der Waals surface area contributed by atoms with E-state index in [4.69, 9.17) is 0 Å². The normalized spacial score (nSPS) is 10.9. The number of carbonyl (C=O) groups is 2. The van der Waals surface area contributed by atoms with Crippen LogP contribution in [0.3, 0.4) is 0 Å². The summed E-state index contributed by atoms with van der Waals surface area (Å²) < 4.78 is 0. The van der Waals surface area contributed by atoms with Gasteiger partial charge in [-0.2, -0.15) is 5.10 Å². The third kappa shape index (κ3) is 4.29. The summed E-state index contributed by atoms with van der Waals surface area (Å²) in [6.07, 6.45) is 1.25. The van der Waals surface area contributed by atoms with Crippen molar-refractivity contribution in [2.45, 2.75) is 19.8 Å². The van der Waals surface area contributed by atoms with Crippen LogP contribution in [0.2, 0.25) is 0 Å². The summed E-state index contributed by atoms with van der Waals surface area (Å²) in [6.45, 7) is 2.32. The van der Waals surface area contributed by atoms with E-state index in [0.717, 1.165) is 23.9 Å². The maximum atomic E-state index is 11.9. The van der Waals surface area contributed by atoms with Gasteiger partial charge in [-0.3, -0.25) is 14.7 Å². The van der Waals surface area contributed by atoms with E-state index in [2.05, 4.69) is 20.8 Å². The van der Waals surface area contributed by atoms with Gasteiger partial charge in [0.1, 0.15) is 0 Å². The molecule has 0 bridgehead atoms. The molecule has 0 atom stereocenters. The molecule has 2 aromatic rings. The van der Waals surface area contributed by atoms with Crippen molar-refractivity contribution in [3.8, 4) is 0 Å². The average molecular weight is 303 g/mol. The molecule has 0 fully saturated rings. The Bertz CT molecular complexity index is 678. The van der Waals surface area contributed by atoms with E-state index in [1.807, 2.05) is 25.1 Å². The molecule has 1 aromatic heterocycles. The number of rotatable bonds is 6. The van der Waals surface area contributed by atoms with Crippen LogP contribution in [0, 0.1) is 0 Å². The summed E-state index contributed by atoms with van der Waals surface area (Å²) in [5.74, 6) is 0.327. The monoisotopic (exact) mass is 303 g/mol. The third-order valence-corrected chi connectivity index (χ3v) is 3.15. The molecular weight excluding hydrogens is 282 g/mol. The molecule has 0 radical (unpaired) electrons. The highest BCUT2D eigenvalue weighted by atomic mass is 16.2. The highest BCUT2D eigenvalue weighted by Gasteiger charge is 2.10. The van der Waals surface area contributed by atoms with Gasteiger partial charge in [-0.25, -0.2) is 0 Å². The van der Waals surface area contributed by atoms with Gasteiger partial charge in [-0.1, -0.05) is 0 Å². The molecule has 22 heavy (non-hydrogen) atoms. The molecule has 0 aliphatic carbocycles. The van der Waals surface area contributed by atoms with Gasteiger partial charge in [-0.05, 0) is 45.3 Å². The smallest absolute Gasteiger partial charge is 0.225 e. The Balaban J connectivity index is 2.03. The van der Waals surface area contributed by atoms with Crippen LogP contribution in [0.4, 0.5) is 11.5 Å². The summed E-state index contributed by atoms with van der Waals surface area (Å²) in [6, 6.07) is 5.38. The van der Waals surface area contributed by atoms with Crippen LogP contribution in [0.25, 0.3) is 10.9 Å². The molecule has 0 saturated heterocycles. The molecule has 3 N–H and O–H groups in total. The number of nitrogens with zero attached hydrogens (tertiary/aromatic N) is 2. The van der Waals surface area contributed by atoms with Gasteiger partial charge >= 0.3 is 0 Å². The Morgan fingerprint density at radius 3 is 2.73 bits per heavy atom. The molecule has 7 heteroatoms. The number of amides is 2. The summed E-state index contributed by atoms with van der Waals surface area (Å²) in [5.41, 5.74) is 1.45. The van der Waals surface area contributed by atoms with Gasteiger partial charge in [-0.15, -0.1) is 0 Å². The van der Waals surface area contributed by atoms with E-state index in [0.29, 0.717) is 17.9 Å². The predicted octanol–water partition coefficient (Wildman–Crippen LogP) is 1.80. The van der Waals surface area contributed by atoms with Crippen LogP contribution in [0.5, 0.6) is 0 Å². The first-order chi connectivity index (χ1) is 10.5. The van der Waals surface area contributed by atoms with Crippen molar-refractivity contribution in [1.29, 1.82) is 0 Å². The first kappa shape index (κ1) is 16.0. The lowest BCUT2D eigenvalue weighted by Crippen LogP contribution is -2.17. The molecule has 0 saturated carbocycles. The van der Waals surface area contributed by atoms with Gasteiger partial charge in [0.2, 0.25) is 11.8 Å². The second-order valence-corrected chi connectivity index (χ2v) is 5.47. The molecule has 0 unspecified atom stereocenters. The van der Waals surface area contributed by atoms with Gasteiger partial charge < -0.3 is 15.5 Å². The van der Waals surface area contributed by atoms with Crippen molar-refractivity contribution in [3.05, 3.63) is 18.2 Å². The van der Waals surface area contributed by atoms with Crippen LogP contribution >= 0.6 is 0 Å². The largest absolute Gasteiger partial charge is 0.326 e. The topological polar surface area (TPSA) is 90.1 Å². The first-order valence-electron chi connectivity index (χ1n) is 7.16. The van der Waals surface area contributed by atoms with E-state index in [-0.39, 0.29) is 11.8 Å². The minimum Gasteiger partial charge on any atom is -0.326 e. The molecule has 0 aliphatic heterocycles. The standard InChI is InChI=1S/C15H21N5O2/c1-10(21)16-11-6-7-12-13(9-11)18-19-15(12)17-14(22)5-4-8-20(2)3/h6-7,9H,4-5,8H2,1-3H3,(H,16,21)(H2,17,18,19,22). The zero-order valence-corrected chi connectivity index (χ0v) is 13.1. The predicted molar refractivity (Wildman–Crippen MR) is 86.8 cm³/mol. The van der Waals surface area contributed by atoms with Gasteiger partial charge in [0, 0.05) is 24.4 Å². The molecule has 7 nitrogen and oxygen atoms in total. The summed E-state index contributed by atoms with van der Waals surface area (Å²) in [5, 5.41) is 13.3. The van der Waals surface area contributed by atoms with Crippen molar-refractivity contribution < 1.29 is 9.59 Å². The Hall–Kier alpha value is -2.41. The highest BCUT2D eigenvalue weighted by molar-refractivity contribution is 6.01. The second-order valence-electron chi connectivity index (χ2n) is 5.47. The van der Waals surface area contributed by atoms with Crippen molar-refractivity contribution in [2.75, 3.05) is 31.3 Å². The van der Waals surface area contributed by atoms with Gasteiger partial charge in [0.15, 0.2) is 5.82 Å². The highest BCUT2D eigenvalue weighted by Crippen LogP contribution is 2.23. The number of benzene rings is 1. The second kappa shape index (κ2) is 7.04. The van der Waals surface area contributed by atoms with Crippen molar-refractivity contribution in [3.63, 3.8) is 0 Å². The molecule has 118 valence electrons. The zero-order chi connectivity index (χ0) is 16.1. The van der Waals surface area contributed by atoms with Crippen LogP contribution in [0.1, 0.15) is 19.8 Å². The molecule has 1 heterocycles. The third-order valence-electron chi connectivity index (χ3n) is 3.15. The Labute approximate surface area is 129 Å². The number of H-pyrrole nitrogens is 1. The number of fused-ring (bicyclic) bond motifs is 1. The number of hydrogen-bond acceptors (Lipinski definition) is 4. The number of nitrogens with one attached hydrogen (secondary N) is 3. The quantitative estimate of drug-likeness (QED) is 0.759. The van der Waals surface area contributed by atoms with Crippen molar-refractivity contribution in [2.24, 2.45) is 0 Å². The Morgan fingerprint density at radius 1 is 1.27 bits per heavy atom. The lowest BCUT2D eigenvalue weighted by molar-refractivity contribution is -0.116. The summed E-state index contributed by atoms with van der Waals surface area (Å²) in [4.78, 5) is 25.0. The number of aromatic amines is 1. The molecule has 2 amide bonds. The van der Waals surface area contributed by atoms with E-state index < -0.39 is 0 Å². The molecule has 0 aliphatic rings. The fraction of sp³-hybridized carbons (Fsp3) is 0.400. The van der Waals surface area contributed by atoms with Crippen LogP contribution in [-0.2, 0) is 9.59 Å². The molecule has 1 aromatic carbocycles. The van der Waals surface area contributed by atoms with Crippen LogP contribution < -0.4 is 10.6 Å². The van der Waals surface area contributed by atoms with E-state index in [1.165, 1.54) is 6.92 Å².